The van der Waals surface area contributed by atoms with Gasteiger partial charge in [0.05, 0.1) is 12.2 Å². The number of aliphatic hydroxyl groups excluding tert-OH is 1. The fraction of sp³-hybridized carbons (Fsp3) is 0.375. The number of nitrogens with one attached hydrogen (secondary N) is 2. The highest BCUT2D eigenvalue weighted by Crippen LogP contribution is 2.13. The number of nitrogens with zero attached hydrogens (tertiary/aromatic N) is 1. The van der Waals surface area contributed by atoms with E-state index < -0.39 is 18.1 Å². The SMILES string of the molecule is Cc1csc(NC(=O)NC[C@H](O)C(=O)O)n1. The monoisotopic (exact) mass is 245 g/mol. The average molecular weight is 245 g/mol. The van der Waals surface area contributed by atoms with E-state index in [1.165, 1.54) is 11.3 Å². The van der Waals surface area contributed by atoms with Gasteiger partial charge in [0.2, 0.25) is 0 Å². The zero-order valence-electron chi connectivity index (χ0n) is 8.43. The summed E-state index contributed by atoms with van der Waals surface area (Å²) >= 11 is 1.26. The molecule has 1 aromatic heterocycles. The second-order valence-corrected chi connectivity index (χ2v) is 3.84. The largest absolute Gasteiger partial charge is 0.479 e. The zero-order chi connectivity index (χ0) is 12.1. The maximum Gasteiger partial charge on any atom is 0.334 e. The van der Waals surface area contributed by atoms with E-state index in [2.05, 4.69) is 15.6 Å². The van der Waals surface area contributed by atoms with Gasteiger partial charge in [0.25, 0.3) is 0 Å². The fourth-order valence-corrected chi connectivity index (χ4v) is 1.51. The van der Waals surface area contributed by atoms with Crippen molar-refractivity contribution in [2.75, 3.05) is 11.9 Å². The molecular formula is C8H11N3O4S. The number of amides is 2. The van der Waals surface area contributed by atoms with Crippen LogP contribution in [0.15, 0.2) is 5.38 Å². The maximum absolute atomic E-state index is 11.2. The molecule has 2 amide bonds. The summed E-state index contributed by atoms with van der Waals surface area (Å²) in [6.07, 6.45) is -1.61. The van der Waals surface area contributed by atoms with Crippen molar-refractivity contribution in [3.63, 3.8) is 0 Å². The zero-order valence-corrected chi connectivity index (χ0v) is 9.24. The van der Waals surface area contributed by atoms with Crippen LogP contribution in [0.4, 0.5) is 9.93 Å². The molecule has 0 spiro atoms. The Hall–Kier alpha value is -1.67. The van der Waals surface area contributed by atoms with Crippen molar-refractivity contribution in [3.8, 4) is 0 Å². The molecule has 0 saturated heterocycles. The lowest BCUT2D eigenvalue weighted by molar-refractivity contribution is -0.146. The van der Waals surface area contributed by atoms with Crippen LogP contribution >= 0.6 is 11.3 Å². The number of carboxylic acids is 1. The fourth-order valence-electron chi connectivity index (χ4n) is 0.829. The van der Waals surface area contributed by atoms with Crippen LogP contribution in [0, 0.1) is 6.92 Å². The van der Waals surface area contributed by atoms with E-state index >= 15 is 0 Å². The Bertz CT molecular complexity index is 392. The van der Waals surface area contributed by atoms with Gasteiger partial charge < -0.3 is 15.5 Å². The van der Waals surface area contributed by atoms with E-state index in [9.17, 15) is 9.59 Å². The van der Waals surface area contributed by atoms with Crippen molar-refractivity contribution in [1.82, 2.24) is 10.3 Å². The molecule has 16 heavy (non-hydrogen) atoms. The van der Waals surface area contributed by atoms with Gasteiger partial charge in [-0.05, 0) is 6.92 Å². The van der Waals surface area contributed by atoms with Gasteiger partial charge in [0, 0.05) is 5.38 Å². The molecule has 1 rings (SSSR count). The molecule has 88 valence electrons. The van der Waals surface area contributed by atoms with E-state index in [0.717, 1.165) is 5.69 Å². The molecule has 0 saturated carbocycles. The van der Waals surface area contributed by atoms with E-state index in [0.29, 0.717) is 5.13 Å². The van der Waals surface area contributed by atoms with Crippen molar-refractivity contribution >= 4 is 28.5 Å². The molecule has 0 aliphatic heterocycles. The summed E-state index contributed by atoms with van der Waals surface area (Å²) in [7, 11) is 0. The Kier molecular flexibility index (Phi) is 4.20. The highest BCUT2D eigenvalue weighted by atomic mass is 32.1. The lowest BCUT2D eigenvalue weighted by Gasteiger charge is -2.07. The molecule has 0 aromatic carbocycles. The molecule has 0 bridgehead atoms. The Balaban J connectivity index is 2.34. The minimum Gasteiger partial charge on any atom is -0.479 e. The van der Waals surface area contributed by atoms with Crippen LogP contribution in [-0.2, 0) is 4.79 Å². The summed E-state index contributed by atoms with van der Waals surface area (Å²) in [5.41, 5.74) is 0.783. The number of hydrogen-bond donors (Lipinski definition) is 4. The van der Waals surface area contributed by atoms with Gasteiger partial charge in [-0.2, -0.15) is 0 Å². The highest BCUT2D eigenvalue weighted by Gasteiger charge is 2.14. The number of rotatable bonds is 4. The lowest BCUT2D eigenvalue weighted by Crippen LogP contribution is -2.38. The van der Waals surface area contributed by atoms with Gasteiger partial charge >= 0.3 is 12.0 Å². The van der Waals surface area contributed by atoms with Gasteiger partial charge in [-0.3, -0.25) is 5.32 Å². The predicted molar refractivity (Wildman–Crippen MR) is 57.5 cm³/mol. The number of carbonyl (C=O) groups is 2. The smallest absolute Gasteiger partial charge is 0.334 e. The van der Waals surface area contributed by atoms with Crippen molar-refractivity contribution in [3.05, 3.63) is 11.1 Å². The van der Waals surface area contributed by atoms with Gasteiger partial charge in [-0.1, -0.05) is 0 Å². The second-order valence-electron chi connectivity index (χ2n) is 2.98. The van der Waals surface area contributed by atoms with Crippen molar-refractivity contribution < 1.29 is 19.8 Å². The van der Waals surface area contributed by atoms with Gasteiger partial charge in [0.1, 0.15) is 0 Å². The van der Waals surface area contributed by atoms with Crippen molar-refractivity contribution in [2.45, 2.75) is 13.0 Å². The molecule has 4 N–H and O–H groups in total. The first kappa shape index (κ1) is 12.4. The first-order valence-corrected chi connectivity index (χ1v) is 5.25. The quantitative estimate of drug-likeness (QED) is 0.597. The number of carbonyl (C=O) groups excluding carboxylic acids is 1. The molecule has 0 radical (unpaired) electrons. The number of carboxylic acid groups (broad SMARTS) is 1. The molecule has 0 fully saturated rings. The summed E-state index contributed by atoms with van der Waals surface area (Å²) in [6, 6.07) is -0.602. The average Bonchev–Trinajstić information content (AvgIpc) is 2.60. The summed E-state index contributed by atoms with van der Waals surface area (Å²) < 4.78 is 0. The number of anilines is 1. The van der Waals surface area contributed by atoms with Crippen LogP contribution in [-0.4, -0.2) is 39.8 Å². The van der Waals surface area contributed by atoms with Gasteiger partial charge in [-0.15, -0.1) is 11.3 Å². The van der Waals surface area contributed by atoms with Crippen LogP contribution in [0.25, 0.3) is 0 Å². The second kappa shape index (κ2) is 5.42. The lowest BCUT2D eigenvalue weighted by atomic mass is 10.4. The van der Waals surface area contributed by atoms with E-state index in [1.807, 2.05) is 0 Å². The number of aliphatic carboxylic acids is 1. The molecular weight excluding hydrogens is 234 g/mol. The number of urea groups is 1. The van der Waals surface area contributed by atoms with Crippen LogP contribution < -0.4 is 10.6 Å². The third-order valence-corrected chi connectivity index (χ3v) is 2.46. The Labute approximate surface area is 95.1 Å². The van der Waals surface area contributed by atoms with Gasteiger partial charge in [-0.25, -0.2) is 14.6 Å². The maximum atomic E-state index is 11.2. The van der Waals surface area contributed by atoms with Crippen LogP contribution in [0.1, 0.15) is 5.69 Å². The summed E-state index contributed by atoms with van der Waals surface area (Å²) in [5, 5.41) is 24.0. The molecule has 1 atom stereocenters. The Morgan fingerprint density at radius 3 is 2.81 bits per heavy atom. The molecule has 7 nitrogen and oxygen atoms in total. The summed E-state index contributed by atoms with van der Waals surface area (Å²) in [6.45, 7) is 1.43. The minimum absolute atomic E-state index is 0.356. The first-order valence-electron chi connectivity index (χ1n) is 4.37. The highest BCUT2D eigenvalue weighted by molar-refractivity contribution is 7.13. The molecule has 1 aromatic rings. The molecule has 0 aliphatic rings. The van der Waals surface area contributed by atoms with E-state index in [-0.39, 0.29) is 6.54 Å². The number of aromatic nitrogens is 1. The van der Waals surface area contributed by atoms with Crippen LogP contribution in [0.3, 0.4) is 0 Å². The number of thiazole rings is 1. The minimum atomic E-state index is -1.61. The topological polar surface area (TPSA) is 112 Å². The third kappa shape index (κ3) is 3.83. The van der Waals surface area contributed by atoms with Crippen molar-refractivity contribution in [1.29, 1.82) is 0 Å². The van der Waals surface area contributed by atoms with Crippen LogP contribution in [0.5, 0.6) is 0 Å². The summed E-state index contributed by atoms with van der Waals surface area (Å²) in [4.78, 5) is 25.4. The van der Waals surface area contributed by atoms with Gasteiger partial charge in [0.15, 0.2) is 11.2 Å². The molecule has 0 unspecified atom stereocenters. The molecule has 8 heteroatoms. The summed E-state index contributed by atoms with van der Waals surface area (Å²) in [5.74, 6) is -1.38. The molecule has 1 heterocycles. The van der Waals surface area contributed by atoms with E-state index in [4.69, 9.17) is 10.2 Å². The Morgan fingerprint density at radius 1 is 1.62 bits per heavy atom. The number of aryl methyl sites for hydroxylation is 1. The van der Waals surface area contributed by atoms with Crippen molar-refractivity contribution in [2.24, 2.45) is 0 Å². The first-order chi connectivity index (χ1) is 7.49. The Morgan fingerprint density at radius 2 is 2.31 bits per heavy atom. The third-order valence-electron chi connectivity index (χ3n) is 1.58. The van der Waals surface area contributed by atoms with Crippen LogP contribution in [0.2, 0.25) is 0 Å². The number of hydrogen-bond acceptors (Lipinski definition) is 5. The molecule has 0 aliphatic carbocycles. The predicted octanol–water partition coefficient (Wildman–Crippen LogP) is 0.0185. The standard InChI is InChI=1S/C8H11N3O4S/c1-4-3-16-8(10-4)11-7(15)9-2-5(12)6(13)14/h3,5,12H,2H2,1H3,(H,13,14)(H2,9,10,11,15)/t5-/m0/s1. The normalized spacial score (nSPS) is 11.9. The van der Waals surface area contributed by atoms with E-state index in [1.54, 1.807) is 12.3 Å². The number of aliphatic hydroxyl groups is 1.